The lowest BCUT2D eigenvalue weighted by Gasteiger charge is -2.19. The Kier molecular flexibility index (Phi) is 4.52. The van der Waals surface area contributed by atoms with Gasteiger partial charge in [0.1, 0.15) is 6.54 Å². The maximum Gasteiger partial charge on any atom is 0.323 e. The molecular weight excluding hydrogens is 278 g/mol. The van der Waals surface area contributed by atoms with E-state index in [2.05, 4.69) is 10.2 Å². The zero-order valence-electron chi connectivity index (χ0n) is 11.0. The van der Waals surface area contributed by atoms with Crippen LogP contribution in [0.2, 0.25) is 0 Å². The zero-order chi connectivity index (χ0) is 14.5. The minimum absolute atomic E-state index is 0.305. The number of hydrogen-bond donors (Lipinski definition) is 2. The van der Waals surface area contributed by atoms with Crippen molar-refractivity contribution in [2.24, 2.45) is 0 Å². The summed E-state index contributed by atoms with van der Waals surface area (Å²) in [5.74, 6) is -1.34. The Morgan fingerprint density at radius 2 is 2.30 bits per heavy atom. The Morgan fingerprint density at radius 3 is 2.90 bits per heavy atom. The first kappa shape index (κ1) is 14.3. The van der Waals surface area contributed by atoms with Gasteiger partial charge in [0.2, 0.25) is 0 Å². The molecule has 2 rings (SSSR count). The third-order valence-corrected chi connectivity index (χ3v) is 3.47. The van der Waals surface area contributed by atoms with Crippen LogP contribution < -0.4 is 0 Å². The molecule has 7 heteroatoms. The topological polar surface area (TPSA) is 86.3 Å². The minimum Gasteiger partial charge on any atom is -0.480 e. The van der Waals surface area contributed by atoms with Crippen LogP contribution in [-0.4, -0.2) is 45.2 Å². The van der Waals surface area contributed by atoms with Crippen molar-refractivity contribution in [3.8, 4) is 11.3 Å². The first-order valence-electron chi connectivity index (χ1n) is 6.20. The highest BCUT2D eigenvalue weighted by molar-refractivity contribution is 7.08. The van der Waals surface area contributed by atoms with E-state index in [0.29, 0.717) is 24.2 Å². The molecule has 106 valence electrons. The number of carbonyl (C=O) groups excluding carboxylic acids is 1. The predicted octanol–water partition coefficient (Wildman–Crippen LogP) is 2.07. The van der Waals surface area contributed by atoms with Crippen LogP contribution in [0.25, 0.3) is 11.3 Å². The number of amides is 1. The van der Waals surface area contributed by atoms with Gasteiger partial charge in [0.05, 0.1) is 17.5 Å². The average molecular weight is 293 g/mol. The van der Waals surface area contributed by atoms with Crippen LogP contribution >= 0.6 is 11.3 Å². The summed E-state index contributed by atoms with van der Waals surface area (Å²) in [5, 5.41) is 19.4. The van der Waals surface area contributed by atoms with Crippen molar-refractivity contribution in [1.82, 2.24) is 15.1 Å². The first-order chi connectivity index (χ1) is 9.63. The molecule has 2 N–H and O–H groups in total. The van der Waals surface area contributed by atoms with E-state index in [9.17, 15) is 9.59 Å². The molecule has 1 amide bonds. The minimum atomic E-state index is -1.02. The molecule has 0 saturated carbocycles. The van der Waals surface area contributed by atoms with Crippen molar-refractivity contribution in [3.63, 3.8) is 0 Å². The number of aliphatic carboxylic acids is 1. The second-order valence-corrected chi connectivity index (χ2v) is 5.07. The summed E-state index contributed by atoms with van der Waals surface area (Å²) < 4.78 is 0. The van der Waals surface area contributed by atoms with Gasteiger partial charge in [0, 0.05) is 17.5 Å². The zero-order valence-corrected chi connectivity index (χ0v) is 11.8. The Morgan fingerprint density at radius 1 is 1.50 bits per heavy atom. The second kappa shape index (κ2) is 6.33. The molecule has 0 unspecified atom stereocenters. The molecule has 0 spiro atoms. The quantitative estimate of drug-likeness (QED) is 0.853. The Balaban J connectivity index is 2.28. The van der Waals surface area contributed by atoms with Crippen LogP contribution in [0.3, 0.4) is 0 Å². The summed E-state index contributed by atoms with van der Waals surface area (Å²) in [7, 11) is 0. The van der Waals surface area contributed by atoms with E-state index in [1.807, 2.05) is 23.8 Å². The van der Waals surface area contributed by atoms with Gasteiger partial charge < -0.3 is 10.0 Å². The van der Waals surface area contributed by atoms with Gasteiger partial charge in [-0.1, -0.05) is 6.92 Å². The van der Waals surface area contributed by atoms with Crippen LogP contribution in [0, 0.1) is 0 Å². The summed E-state index contributed by atoms with van der Waals surface area (Å²) in [6.45, 7) is 2.00. The molecule has 20 heavy (non-hydrogen) atoms. The summed E-state index contributed by atoms with van der Waals surface area (Å²) >= 11 is 1.52. The molecule has 0 fully saturated rings. The summed E-state index contributed by atoms with van der Waals surface area (Å²) in [6.07, 6.45) is 2.14. The molecule has 0 atom stereocenters. The van der Waals surface area contributed by atoms with Gasteiger partial charge in [0.15, 0.2) is 0 Å². The van der Waals surface area contributed by atoms with Gasteiger partial charge in [-0.2, -0.15) is 16.4 Å². The molecule has 2 aromatic rings. The van der Waals surface area contributed by atoms with Gasteiger partial charge in [0.25, 0.3) is 5.91 Å². The number of carboxylic acid groups (broad SMARTS) is 1. The highest BCUT2D eigenvalue weighted by Crippen LogP contribution is 2.24. The van der Waals surface area contributed by atoms with Crippen LogP contribution in [0.15, 0.2) is 23.0 Å². The average Bonchev–Trinajstić information content (AvgIpc) is 3.07. The maximum absolute atomic E-state index is 12.5. The molecule has 0 aliphatic rings. The van der Waals surface area contributed by atoms with Gasteiger partial charge in [-0.25, -0.2) is 0 Å². The maximum atomic E-state index is 12.5. The lowest BCUT2D eigenvalue weighted by molar-refractivity contribution is -0.137. The fourth-order valence-electron chi connectivity index (χ4n) is 1.93. The number of nitrogens with one attached hydrogen (secondary N) is 1. The van der Waals surface area contributed by atoms with E-state index >= 15 is 0 Å². The fraction of sp³-hybridized carbons (Fsp3) is 0.308. The number of aromatic amines is 1. The van der Waals surface area contributed by atoms with Crippen molar-refractivity contribution in [1.29, 1.82) is 0 Å². The first-order valence-corrected chi connectivity index (χ1v) is 7.14. The second-order valence-electron chi connectivity index (χ2n) is 4.29. The Hall–Kier alpha value is -2.15. The number of rotatable bonds is 6. The van der Waals surface area contributed by atoms with Gasteiger partial charge >= 0.3 is 5.97 Å². The fourth-order valence-corrected chi connectivity index (χ4v) is 2.58. The number of aromatic nitrogens is 2. The van der Waals surface area contributed by atoms with Crippen LogP contribution in [-0.2, 0) is 4.79 Å². The smallest absolute Gasteiger partial charge is 0.323 e. The third kappa shape index (κ3) is 3.05. The molecule has 0 bridgehead atoms. The summed E-state index contributed by atoms with van der Waals surface area (Å²) in [4.78, 5) is 24.6. The van der Waals surface area contributed by atoms with E-state index in [1.54, 1.807) is 0 Å². The van der Waals surface area contributed by atoms with Crippen LogP contribution in [0.5, 0.6) is 0 Å². The standard InChI is InChI=1S/C13H15N3O3S/c1-2-4-16(7-11(17)18)13(19)10-6-14-15-12(10)9-3-5-20-8-9/h3,5-6,8H,2,4,7H2,1H3,(H,14,15)(H,17,18). The molecule has 0 aliphatic carbocycles. The van der Waals surface area contributed by atoms with Gasteiger partial charge in [-0.15, -0.1) is 0 Å². The highest BCUT2D eigenvalue weighted by Gasteiger charge is 2.22. The third-order valence-electron chi connectivity index (χ3n) is 2.79. The highest BCUT2D eigenvalue weighted by atomic mass is 32.1. The Bertz CT molecular complexity index is 592. The van der Waals surface area contributed by atoms with E-state index in [4.69, 9.17) is 5.11 Å². The van der Waals surface area contributed by atoms with E-state index < -0.39 is 5.97 Å². The largest absolute Gasteiger partial charge is 0.480 e. The molecule has 2 aromatic heterocycles. The predicted molar refractivity (Wildman–Crippen MR) is 75.7 cm³/mol. The molecule has 0 aliphatic heterocycles. The number of thiophene rings is 1. The van der Waals surface area contributed by atoms with Crippen molar-refractivity contribution >= 4 is 23.2 Å². The molecule has 2 heterocycles. The number of carboxylic acids is 1. The normalized spacial score (nSPS) is 10.4. The molecule has 0 saturated heterocycles. The van der Waals surface area contributed by atoms with E-state index in [1.165, 1.54) is 22.4 Å². The van der Waals surface area contributed by atoms with Crippen LogP contribution in [0.1, 0.15) is 23.7 Å². The lowest BCUT2D eigenvalue weighted by Crippen LogP contribution is -2.36. The number of nitrogens with zero attached hydrogens (tertiary/aromatic N) is 2. The molecule has 0 aromatic carbocycles. The van der Waals surface area contributed by atoms with Gasteiger partial charge in [-0.05, 0) is 17.9 Å². The van der Waals surface area contributed by atoms with E-state index in [0.717, 1.165) is 5.56 Å². The summed E-state index contributed by atoms with van der Waals surface area (Å²) in [6, 6.07) is 1.89. The molecule has 0 radical (unpaired) electrons. The van der Waals surface area contributed by atoms with Crippen molar-refractivity contribution in [2.75, 3.05) is 13.1 Å². The lowest BCUT2D eigenvalue weighted by atomic mass is 10.1. The number of H-pyrrole nitrogens is 1. The molecule has 6 nitrogen and oxygen atoms in total. The van der Waals surface area contributed by atoms with E-state index in [-0.39, 0.29) is 12.5 Å². The summed E-state index contributed by atoms with van der Waals surface area (Å²) in [5.41, 5.74) is 1.91. The monoisotopic (exact) mass is 293 g/mol. The molecular formula is C13H15N3O3S. The SMILES string of the molecule is CCCN(CC(=O)O)C(=O)c1cn[nH]c1-c1ccsc1. The van der Waals surface area contributed by atoms with Crippen molar-refractivity contribution < 1.29 is 14.7 Å². The van der Waals surface area contributed by atoms with Crippen molar-refractivity contribution in [2.45, 2.75) is 13.3 Å². The van der Waals surface area contributed by atoms with Gasteiger partial charge in [-0.3, -0.25) is 14.7 Å². The van der Waals surface area contributed by atoms with Crippen molar-refractivity contribution in [3.05, 3.63) is 28.6 Å². The number of carbonyl (C=O) groups is 2. The Labute approximate surface area is 120 Å². The number of hydrogen-bond acceptors (Lipinski definition) is 4. The van der Waals surface area contributed by atoms with Crippen LogP contribution in [0.4, 0.5) is 0 Å².